The average molecular weight is 414 g/mol. The number of nitrogens with one attached hydrogen (secondary N) is 2. The van der Waals surface area contributed by atoms with Gasteiger partial charge in [0.1, 0.15) is 0 Å². The van der Waals surface area contributed by atoms with Gasteiger partial charge in [-0.1, -0.05) is 47.2 Å². The Labute approximate surface area is 167 Å². The molecule has 0 aliphatic heterocycles. The van der Waals surface area contributed by atoms with Crippen LogP contribution in [0.15, 0.2) is 60.0 Å². The number of anilines is 2. The number of aromatic nitrogens is 1. The van der Waals surface area contributed by atoms with Gasteiger partial charge in [0.25, 0.3) is 11.8 Å². The minimum atomic E-state index is -0.430. The van der Waals surface area contributed by atoms with E-state index in [1.54, 1.807) is 30.3 Å². The van der Waals surface area contributed by atoms with Crippen molar-refractivity contribution in [3.8, 4) is 0 Å². The van der Waals surface area contributed by atoms with Gasteiger partial charge in [0.05, 0.1) is 31.4 Å². The van der Waals surface area contributed by atoms with Gasteiger partial charge in [-0.15, -0.1) is 11.3 Å². The number of para-hydroxylation sites is 1. The van der Waals surface area contributed by atoms with Crippen molar-refractivity contribution in [3.63, 3.8) is 0 Å². The Balaban J connectivity index is 1.62. The zero-order chi connectivity index (χ0) is 18.8. The van der Waals surface area contributed by atoms with Gasteiger partial charge in [-0.25, -0.2) is 4.98 Å². The van der Waals surface area contributed by atoms with Crippen molar-refractivity contribution >= 4 is 67.1 Å². The topological polar surface area (TPSA) is 71.1 Å². The summed E-state index contributed by atoms with van der Waals surface area (Å²) in [6, 6.07) is 16.1. The van der Waals surface area contributed by atoms with Gasteiger partial charge in [0.15, 0.2) is 5.13 Å². The zero-order valence-electron chi connectivity index (χ0n) is 13.7. The first-order valence-electron chi connectivity index (χ1n) is 7.92. The second-order valence-corrected chi connectivity index (χ2v) is 7.92. The second kappa shape index (κ2) is 7.48. The van der Waals surface area contributed by atoms with E-state index in [2.05, 4.69) is 15.6 Å². The lowest BCUT2D eigenvalue weighted by Gasteiger charge is -2.11. The Bertz CT molecular complexity index is 1110. The molecule has 0 unspecified atom stereocenters. The number of carbonyl (C=O) groups is 2. The molecule has 2 heterocycles. The SMILES string of the molecule is O=C(Nc1cccc(Cl)c1C(=O)Nc1nc2ccccc2s1)c1cccs1. The molecule has 27 heavy (non-hydrogen) atoms. The van der Waals surface area contributed by atoms with E-state index in [1.807, 2.05) is 29.6 Å². The highest BCUT2D eigenvalue weighted by Gasteiger charge is 2.19. The van der Waals surface area contributed by atoms with Crippen LogP contribution in [-0.4, -0.2) is 16.8 Å². The Morgan fingerprint density at radius 1 is 0.926 bits per heavy atom. The number of thiophene rings is 1. The summed E-state index contributed by atoms with van der Waals surface area (Å²) in [5.74, 6) is -0.720. The van der Waals surface area contributed by atoms with Gasteiger partial charge in [-0.2, -0.15) is 0 Å². The summed E-state index contributed by atoms with van der Waals surface area (Å²) >= 11 is 8.94. The minimum Gasteiger partial charge on any atom is -0.320 e. The fourth-order valence-corrected chi connectivity index (χ4v) is 4.28. The second-order valence-electron chi connectivity index (χ2n) is 5.53. The van der Waals surface area contributed by atoms with Crippen molar-refractivity contribution in [3.05, 3.63) is 75.4 Å². The number of amides is 2. The van der Waals surface area contributed by atoms with Gasteiger partial charge in [0, 0.05) is 0 Å². The van der Waals surface area contributed by atoms with Crippen molar-refractivity contribution in [1.29, 1.82) is 0 Å². The van der Waals surface area contributed by atoms with E-state index < -0.39 is 5.91 Å². The molecule has 0 saturated carbocycles. The summed E-state index contributed by atoms with van der Waals surface area (Å²) in [5.41, 5.74) is 1.35. The maximum absolute atomic E-state index is 12.8. The van der Waals surface area contributed by atoms with Crippen LogP contribution < -0.4 is 10.6 Å². The predicted molar refractivity (Wildman–Crippen MR) is 111 cm³/mol. The zero-order valence-corrected chi connectivity index (χ0v) is 16.1. The highest BCUT2D eigenvalue weighted by atomic mass is 35.5. The quantitative estimate of drug-likeness (QED) is 0.463. The third-order valence-corrected chi connectivity index (χ3v) is 5.88. The number of thiazole rings is 1. The highest BCUT2D eigenvalue weighted by molar-refractivity contribution is 7.22. The molecule has 134 valence electrons. The van der Waals surface area contributed by atoms with Crippen LogP contribution in [-0.2, 0) is 0 Å². The van der Waals surface area contributed by atoms with E-state index in [1.165, 1.54) is 22.7 Å². The summed E-state index contributed by atoms with van der Waals surface area (Å²) in [4.78, 5) is 30.1. The van der Waals surface area contributed by atoms with Gasteiger partial charge in [0.2, 0.25) is 0 Å². The molecule has 2 amide bonds. The van der Waals surface area contributed by atoms with Gasteiger partial charge in [-0.05, 0) is 35.7 Å². The summed E-state index contributed by atoms with van der Waals surface area (Å²) in [5, 5.41) is 8.06. The lowest BCUT2D eigenvalue weighted by molar-refractivity contribution is 0.102. The largest absolute Gasteiger partial charge is 0.320 e. The smallest absolute Gasteiger partial charge is 0.265 e. The molecule has 8 heteroatoms. The number of fused-ring (bicyclic) bond motifs is 1. The van der Waals surface area contributed by atoms with Gasteiger partial charge >= 0.3 is 0 Å². The maximum atomic E-state index is 12.8. The molecule has 0 atom stereocenters. The molecule has 0 aliphatic rings. The van der Waals surface area contributed by atoms with Crippen molar-refractivity contribution in [2.75, 3.05) is 10.6 Å². The van der Waals surface area contributed by atoms with Crippen LogP contribution in [0.2, 0.25) is 5.02 Å². The normalized spacial score (nSPS) is 10.7. The lowest BCUT2D eigenvalue weighted by atomic mass is 10.1. The Morgan fingerprint density at radius 3 is 2.56 bits per heavy atom. The maximum Gasteiger partial charge on any atom is 0.265 e. The molecular formula is C19H12ClN3O2S2. The number of hydrogen-bond acceptors (Lipinski definition) is 5. The third kappa shape index (κ3) is 3.71. The summed E-state index contributed by atoms with van der Waals surface area (Å²) in [7, 11) is 0. The van der Waals surface area contributed by atoms with E-state index in [4.69, 9.17) is 11.6 Å². The third-order valence-electron chi connectivity index (χ3n) is 3.75. The number of nitrogens with zero attached hydrogens (tertiary/aromatic N) is 1. The number of hydrogen-bond donors (Lipinski definition) is 2. The molecule has 2 N–H and O–H groups in total. The Hall–Kier alpha value is -2.74. The van der Waals surface area contributed by atoms with Crippen LogP contribution in [0, 0.1) is 0 Å². The molecule has 2 aromatic carbocycles. The number of halogens is 1. The predicted octanol–water partition coefficient (Wildman–Crippen LogP) is 5.52. The molecule has 4 rings (SSSR count). The van der Waals surface area contributed by atoms with E-state index in [-0.39, 0.29) is 16.5 Å². The number of benzene rings is 2. The van der Waals surface area contributed by atoms with Gasteiger partial charge < -0.3 is 5.32 Å². The first-order valence-corrected chi connectivity index (χ1v) is 9.99. The van der Waals surface area contributed by atoms with Gasteiger partial charge in [-0.3, -0.25) is 14.9 Å². The first-order chi connectivity index (χ1) is 13.1. The molecule has 5 nitrogen and oxygen atoms in total. The Morgan fingerprint density at radius 2 is 1.78 bits per heavy atom. The van der Waals surface area contributed by atoms with Crippen LogP contribution in [0.5, 0.6) is 0 Å². The van der Waals surface area contributed by atoms with Crippen molar-refractivity contribution in [2.24, 2.45) is 0 Å². The molecule has 0 aliphatic carbocycles. The van der Waals surface area contributed by atoms with Crippen molar-refractivity contribution in [2.45, 2.75) is 0 Å². The molecule has 0 radical (unpaired) electrons. The van der Waals surface area contributed by atoms with E-state index in [0.29, 0.717) is 15.7 Å². The molecular weight excluding hydrogens is 402 g/mol. The molecule has 0 spiro atoms. The van der Waals surface area contributed by atoms with Crippen LogP contribution in [0.4, 0.5) is 10.8 Å². The number of rotatable bonds is 4. The first kappa shape index (κ1) is 17.7. The molecule has 0 fully saturated rings. The molecule has 0 saturated heterocycles. The van der Waals surface area contributed by atoms with Crippen LogP contribution in [0.25, 0.3) is 10.2 Å². The lowest BCUT2D eigenvalue weighted by Crippen LogP contribution is -2.18. The molecule has 4 aromatic rings. The summed E-state index contributed by atoms with van der Waals surface area (Å²) in [6.07, 6.45) is 0. The van der Waals surface area contributed by atoms with E-state index >= 15 is 0 Å². The van der Waals surface area contributed by atoms with Crippen molar-refractivity contribution in [1.82, 2.24) is 4.98 Å². The average Bonchev–Trinajstić information content (AvgIpc) is 3.31. The fraction of sp³-hybridized carbons (Fsp3) is 0. The summed E-state index contributed by atoms with van der Waals surface area (Å²) in [6.45, 7) is 0. The van der Waals surface area contributed by atoms with Crippen LogP contribution >= 0.6 is 34.3 Å². The van der Waals surface area contributed by atoms with Crippen LogP contribution in [0.3, 0.4) is 0 Å². The number of carbonyl (C=O) groups excluding carboxylic acids is 2. The summed E-state index contributed by atoms with van der Waals surface area (Å²) < 4.78 is 0.971. The standard InChI is InChI=1S/C19H12ClN3O2S2/c20-11-5-3-7-13(21-17(24)15-9-4-10-26-15)16(11)18(25)23-19-22-12-6-1-2-8-14(12)27-19/h1-10H,(H,21,24)(H,22,23,25). The minimum absolute atomic E-state index is 0.198. The Kier molecular flexibility index (Phi) is 4.89. The monoisotopic (exact) mass is 413 g/mol. The highest BCUT2D eigenvalue weighted by Crippen LogP contribution is 2.29. The molecule has 2 aromatic heterocycles. The fourth-order valence-electron chi connectivity index (χ4n) is 2.54. The molecule has 0 bridgehead atoms. The van der Waals surface area contributed by atoms with Crippen LogP contribution in [0.1, 0.15) is 20.0 Å². The van der Waals surface area contributed by atoms with E-state index in [0.717, 1.165) is 10.2 Å². The van der Waals surface area contributed by atoms with Crippen molar-refractivity contribution < 1.29 is 9.59 Å². The van der Waals surface area contributed by atoms with E-state index in [9.17, 15) is 9.59 Å².